The van der Waals surface area contributed by atoms with Crippen molar-refractivity contribution >= 4 is 30.0 Å². The summed E-state index contributed by atoms with van der Waals surface area (Å²) in [7, 11) is 0. The second-order valence-corrected chi connectivity index (χ2v) is 4.66. The van der Waals surface area contributed by atoms with E-state index >= 15 is 0 Å². The number of allylic oxidation sites excluding steroid dienone is 1. The molecule has 0 aliphatic carbocycles. The highest BCUT2D eigenvalue weighted by atomic mass is 35.5. The van der Waals surface area contributed by atoms with Gasteiger partial charge in [-0.15, -0.1) is 12.4 Å². The third-order valence-electron chi connectivity index (χ3n) is 3.31. The SMILES string of the molecule is CC1=C(c2ccccc2)C(=O)N/C1=C\c1cccnc1.Cl. The minimum Gasteiger partial charge on any atom is -0.322 e. The maximum Gasteiger partial charge on any atom is 0.256 e. The van der Waals surface area contributed by atoms with Crippen molar-refractivity contribution in [2.45, 2.75) is 6.92 Å². The molecule has 0 radical (unpaired) electrons. The maximum atomic E-state index is 12.2. The molecule has 0 saturated carbocycles. The highest BCUT2D eigenvalue weighted by Crippen LogP contribution is 2.29. The summed E-state index contributed by atoms with van der Waals surface area (Å²) in [6.45, 7) is 1.96. The first kappa shape index (κ1) is 15.0. The number of hydrogen-bond acceptors (Lipinski definition) is 2. The number of nitrogens with zero attached hydrogens (tertiary/aromatic N) is 1. The summed E-state index contributed by atoms with van der Waals surface area (Å²) in [5, 5.41) is 2.92. The monoisotopic (exact) mass is 298 g/mol. The zero-order valence-electron chi connectivity index (χ0n) is 11.5. The second-order valence-electron chi connectivity index (χ2n) is 4.66. The smallest absolute Gasteiger partial charge is 0.256 e. The third kappa shape index (κ3) is 3.03. The molecule has 0 atom stereocenters. The molecule has 2 aromatic rings. The van der Waals surface area contributed by atoms with Crippen molar-refractivity contribution in [2.75, 3.05) is 0 Å². The van der Waals surface area contributed by atoms with Gasteiger partial charge in [0.05, 0.1) is 5.57 Å². The number of aromatic nitrogens is 1. The van der Waals surface area contributed by atoms with Crippen LogP contribution < -0.4 is 5.32 Å². The summed E-state index contributed by atoms with van der Waals surface area (Å²) in [6, 6.07) is 13.5. The van der Waals surface area contributed by atoms with E-state index in [0.717, 1.165) is 28.0 Å². The highest BCUT2D eigenvalue weighted by Gasteiger charge is 2.25. The Balaban J connectivity index is 0.00000161. The van der Waals surface area contributed by atoms with Crippen LogP contribution in [0.1, 0.15) is 18.1 Å². The van der Waals surface area contributed by atoms with E-state index in [1.807, 2.05) is 55.5 Å². The summed E-state index contributed by atoms with van der Waals surface area (Å²) in [5.41, 5.74) is 4.45. The predicted octanol–water partition coefficient (Wildman–Crippen LogP) is 3.45. The molecule has 1 aliphatic rings. The molecule has 21 heavy (non-hydrogen) atoms. The van der Waals surface area contributed by atoms with Crippen molar-refractivity contribution in [1.29, 1.82) is 0 Å². The van der Waals surface area contributed by atoms with Crippen molar-refractivity contribution in [3.8, 4) is 0 Å². The van der Waals surface area contributed by atoms with Gasteiger partial charge in [0.1, 0.15) is 0 Å². The van der Waals surface area contributed by atoms with Crippen LogP contribution in [0, 0.1) is 0 Å². The summed E-state index contributed by atoms with van der Waals surface area (Å²) in [4.78, 5) is 16.2. The Hall–Kier alpha value is -2.39. The molecular formula is C17H15ClN2O. The van der Waals surface area contributed by atoms with Gasteiger partial charge in [-0.05, 0) is 35.8 Å². The first-order valence-electron chi connectivity index (χ1n) is 6.45. The molecule has 4 heteroatoms. The number of carbonyl (C=O) groups excluding carboxylic acids is 1. The maximum absolute atomic E-state index is 12.2. The van der Waals surface area contributed by atoms with Gasteiger partial charge in [0, 0.05) is 18.1 Å². The van der Waals surface area contributed by atoms with Crippen LogP contribution in [-0.2, 0) is 4.79 Å². The molecule has 1 N–H and O–H groups in total. The molecule has 1 amide bonds. The van der Waals surface area contributed by atoms with E-state index in [2.05, 4.69) is 10.3 Å². The molecule has 1 aromatic heterocycles. The lowest BCUT2D eigenvalue weighted by molar-refractivity contribution is -0.114. The summed E-state index contributed by atoms with van der Waals surface area (Å²) in [5.74, 6) is -0.0520. The van der Waals surface area contributed by atoms with Crippen molar-refractivity contribution in [3.63, 3.8) is 0 Å². The predicted molar refractivity (Wildman–Crippen MR) is 86.6 cm³/mol. The van der Waals surface area contributed by atoms with E-state index in [4.69, 9.17) is 0 Å². The van der Waals surface area contributed by atoms with Crippen LogP contribution in [0.4, 0.5) is 0 Å². The lowest BCUT2D eigenvalue weighted by Gasteiger charge is -2.00. The lowest BCUT2D eigenvalue weighted by atomic mass is 10.0. The topological polar surface area (TPSA) is 42.0 Å². The van der Waals surface area contributed by atoms with Crippen molar-refractivity contribution in [1.82, 2.24) is 10.3 Å². The summed E-state index contributed by atoms with van der Waals surface area (Å²) >= 11 is 0. The van der Waals surface area contributed by atoms with Gasteiger partial charge in [-0.2, -0.15) is 0 Å². The molecule has 1 aliphatic heterocycles. The van der Waals surface area contributed by atoms with Gasteiger partial charge in [0.2, 0.25) is 0 Å². The Morgan fingerprint density at radius 3 is 2.52 bits per heavy atom. The van der Waals surface area contributed by atoms with Gasteiger partial charge >= 0.3 is 0 Å². The van der Waals surface area contributed by atoms with Gasteiger partial charge in [-0.1, -0.05) is 36.4 Å². The molecule has 0 unspecified atom stereocenters. The van der Waals surface area contributed by atoms with E-state index in [1.165, 1.54) is 0 Å². The Kier molecular flexibility index (Phi) is 4.55. The normalized spacial score (nSPS) is 15.9. The minimum atomic E-state index is -0.0520. The third-order valence-corrected chi connectivity index (χ3v) is 3.31. The largest absolute Gasteiger partial charge is 0.322 e. The van der Waals surface area contributed by atoms with Gasteiger partial charge in [0.25, 0.3) is 5.91 Å². The Morgan fingerprint density at radius 1 is 1.10 bits per heavy atom. The van der Waals surface area contributed by atoms with Crippen LogP contribution in [0.25, 0.3) is 11.6 Å². The fourth-order valence-electron chi connectivity index (χ4n) is 2.31. The van der Waals surface area contributed by atoms with Crippen LogP contribution in [0.2, 0.25) is 0 Å². The molecule has 106 valence electrons. The summed E-state index contributed by atoms with van der Waals surface area (Å²) < 4.78 is 0. The average molecular weight is 299 g/mol. The van der Waals surface area contributed by atoms with E-state index in [-0.39, 0.29) is 18.3 Å². The van der Waals surface area contributed by atoms with Crippen molar-refractivity contribution < 1.29 is 4.79 Å². The zero-order chi connectivity index (χ0) is 13.9. The standard InChI is InChI=1S/C17H14N2O.ClH/c1-12-15(10-13-6-5-9-18-11-13)19-17(20)16(12)14-7-3-2-4-8-14;/h2-11H,1H3,(H,19,20);1H/b15-10-;. The number of pyridine rings is 1. The molecule has 0 spiro atoms. The first-order valence-corrected chi connectivity index (χ1v) is 6.45. The van der Waals surface area contributed by atoms with E-state index < -0.39 is 0 Å². The van der Waals surface area contributed by atoms with Crippen LogP contribution in [0.15, 0.2) is 66.1 Å². The van der Waals surface area contributed by atoms with E-state index in [1.54, 1.807) is 12.4 Å². The summed E-state index contributed by atoms with van der Waals surface area (Å²) in [6.07, 6.45) is 5.44. The lowest BCUT2D eigenvalue weighted by Crippen LogP contribution is -2.15. The number of carbonyl (C=O) groups is 1. The van der Waals surface area contributed by atoms with Crippen LogP contribution in [-0.4, -0.2) is 10.9 Å². The fourth-order valence-corrected chi connectivity index (χ4v) is 2.31. The number of benzene rings is 1. The minimum absolute atomic E-state index is 0. The molecule has 0 saturated heterocycles. The van der Waals surface area contributed by atoms with Gasteiger partial charge in [-0.25, -0.2) is 0 Å². The highest BCUT2D eigenvalue weighted by molar-refractivity contribution is 6.25. The van der Waals surface area contributed by atoms with Gasteiger partial charge < -0.3 is 5.32 Å². The van der Waals surface area contributed by atoms with Crippen LogP contribution >= 0.6 is 12.4 Å². The quantitative estimate of drug-likeness (QED) is 0.922. The number of nitrogens with one attached hydrogen (secondary N) is 1. The molecule has 0 bridgehead atoms. The number of halogens is 1. The van der Waals surface area contributed by atoms with Gasteiger partial charge in [-0.3, -0.25) is 9.78 Å². The van der Waals surface area contributed by atoms with E-state index in [0.29, 0.717) is 0 Å². The molecule has 3 rings (SSSR count). The van der Waals surface area contributed by atoms with Crippen LogP contribution in [0.5, 0.6) is 0 Å². The van der Waals surface area contributed by atoms with Gasteiger partial charge in [0.15, 0.2) is 0 Å². The molecule has 0 fully saturated rings. The van der Waals surface area contributed by atoms with Crippen molar-refractivity contribution in [3.05, 3.63) is 77.3 Å². The second kappa shape index (κ2) is 6.37. The van der Waals surface area contributed by atoms with Crippen LogP contribution in [0.3, 0.4) is 0 Å². The van der Waals surface area contributed by atoms with Crippen molar-refractivity contribution in [2.24, 2.45) is 0 Å². The Bertz CT molecular complexity index is 706. The van der Waals surface area contributed by atoms with E-state index in [9.17, 15) is 4.79 Å². The number of rotatable bonds is 2. The number of hydrogen-bond donors (Lipinski definition) is 1. The first-order chi connectivity index (χ1) is 9.75. The fraction of sp³-hybridized carbons (Fsp3) is 0.0588. The zero-order valence-corrected chi connectivity index (χ0v) is 12.4. The Labute approximate surface area is 129 Å². The number of amides is 1. The molecule has 1 aromatic carbocycles. The Morgan fingerprint density at radius 2 is 1.86 bits per heavy atom. The molecule has 2 heterocycles. The molecule has 3 nitrogen and oxygen atoms in total. The molecular weight excluding hydrogens is 284 g/mol. The average Bonchev–Trinajstić information content (AvgIpc) is 2.75.